The molecule has 1 heterocycles. The van der Waals surface area contributed by atoms with Gasteiger partial charge in [-0.3, -0.25) is 19.8 Å². The number of anilines is 1. The number of amides is 3. The van der Waals surface area contributed by atoms with Crippen LogP contribution in [0.1, 0.15) is 42.2 Å². The molecule has 0 bridgehead atoms. The first-order chi connectivity index (χ1) is 17.7. The normalized spacial score (nSPS) is 15.3. The summed E-state index contributed by atoms with van der Waals surface area (Å²) in [4.78, 5) is 50.3. The third-order valence-corrected chi connectivity index (χ3v) is 6.01. The van der Waals surface area contributed by atoms with Gasteiger partial charge in [-0.25, -0.2) is 9.59 Å². The Bertz CT molecular complexity index is 1230. The molecule has 37 heavy (non-hydrogen) atoms. The van der Waals surface area contributed by atoms with Gasteiger partial charge in [-0.1, -0.05) is 30.7 Å². The number of hydrogen-bond donors (Lipinski definition) is 2. The number of nitro benzene ring substituents is 1. The lowest BCUT2D eigenvalue weighted by atomic mass is 9.94. The Labute approximate surface area is 218 Å². The molecule has 1 aliphatic rings. The molecule has 2 aromatic rings. The average molecular weight is 531 g/mol. The predicted octanol–water partition coefficient (Wildman–Crippen LogP) is 4.44. The first-order valence-electron chi connectivity index (χ1n) is 11.5. The van der Waals surface area contributed by atoms with Gasteiger partial charge in [0.05, 0.1) is 23.1 Å². The fourth-order valence-corrected chi connectivity index (χ4v) is 4.03. The van der Waals surface area contributed by atoms with Gasteiger partial charge in [-0.2, -0.15) is 0 Å². The van der Waals surface area contributed by atoms with Crippen LogP contribution in [0.25, 0.3) is 0 Å². The molecule has 2 aromatic carbocycles. The average Bonchev–Trinajstić information content (AvgIpc) is 2.86. The summed E-state index contributed by atoms with van der Waals surface area (Å²) in [6.45, 7) is 4.37. The minimum atomic E-state index is -0.765. The molecule has 3 rings (SSSR count). The zero-order chi connectivity index (χ0) is 27.1. The zero-order valence-electron chi connectivity index (χ0n) is 20.6. The minimum absolute atomic E-state index is 0.0639. The van der Waals surface area contributed by atoms with E-state index in [1.165, 1.54) is 24.1 Å². The number of rotatable bonds is 10. The van der Waals surface area contributed by atoms with Crippen molar-refractivity contribution in [3.05, 3.63) is 80.0 Å². The summed E-state index contributed by atoms with van der Waals surface area (Å²) < 4.78 is 10.3. The number of benzene rings is 2. The summed E-state index contributed by atoms with van der Waals surface area (Å²) in [7, 11) is 1.50. The molecule has 11 nitrogen and oxygen atoms in total. The maximum atomic E-state index is 13.0. The van der Waals surface area contributed by atoms with Gasteiger partial charge >= 0.3 is 12.0 Å². The number of nitro groups is 1. The first kappa shape index (κ1) is 27.6. The van der Waals surface area contributed by atoms with Crippen LogP contribution in [0.15, 0.2) is 53.7 Å². The Morgan fingerprint density at radius 3 is 2.51 bits per heavy atom. The highest BCUT2D eigenvalue weighted by Gasteiger charge is 2.36. The second-order valence-electron chi connectivity index (χ2n) is 8.16. The van der Waals surface area contributed by atoms with E-state index >= 15 is 0 Å². The van der Waals surface area contributed by atoms with Crippen LogP contribution in [0.3, 0.4) is 0 Å². The Morgan fingerprint density at radius 2 is 1.89 bits per heavy atom. The number of urea groups is 1. The van der Waals surface area contributed by atoms with E-state index in [1.807, 2.05) is 6.92 Å². The summed E-state index contributed by atoms with van der Waals surface area (Å²) in [6.07, 6.45) is 0.701. The molecule has 0 fully saturated rings. The van der Waals surface area contributed by atoms with Crippen LogP contribution < -0.4 is 10.6 Å². The Morgan fingerprint density at radius 1 is 1.19 bits per heavy atom. The lowest BCUT2D eigenvalue weighted by Gasteiger charge is -2.35. The molecule has 0 saturated carbocycles. The van der Waals surface area contributed by atoms with Crippen LogP contribution in [0, 0.1) is 10.1 Å². The minimum Gasteiger partial charge on any atom is -0.460 e. The van der Waals surface area contributed by atoms with Crippen molar-refractivity contribution in [2.24, 2.45) is 0 Å². The number of allylic oxidation sites excluding steroid dienone is 1. The molecular formula is C25H27ClN4O7. The second kappa shape index (κ2) is 12.3. The Hall–Kier alpha value is -3.96. The molecule has 12 heteroatoms. The van der Waals surface area contributed by atoms with Gasteiger partial charge in [0.2, 0.25) is 0 Å². The van der Waals surface area contributed by atoms with E-state index < -0.39 is 22.8 Å². The van der Waals surface area contributed by atoms with E-state index in [1.54, 1.807) is 31.2 Å². The van der Waals surface area contributed by atoms with E-state index in [4.69, 9.17) is 21.1 Å². The Kier molecular flexibility index (Phi) is 9.20. The quantitative estimate of drug-likeness (QED) is 0.200. The van der Waals surface area contributed by atoms with Crippen molar-refractivity contribution in [3.8, 4) is 0 Å². The summed E-state index contributed by atoms with van der Waals surface area (Å²) in [5.41, 5.74) is 1.50. The lowest BCUT2D eigenvalue weighted by molar-refractivity contribution is -0.384. The van der Waals surface area contributed by atoms with Crippen molar-refractivity contribution in [2.75, 3.05) is 32.2 Å². The van der Waals surface area contributed by atoms with Gasteiger partial charge in [0.15, 0.2) is 0 Å². The summed E-state index contributed by atoms with van der Waals surface area (Å²) in [5.74, 6) is -1.13. The smallest absolute Gasteiger partial charge is 0.338 e. The van der Waals surface area contributed by atoms with Gasteiger partial charge in [-0.05, 0) is 43.2 Å². The van der Waals surface area contributed by atoms with Crippen molar-refractivity contribution in [1.82, 2.24) is 10.2 Å². The fraction of sp³-hybridized carbons (Fsp3) is 0.320. The van der Waals surface area contributed by atoms with E-state index in [-0.39, 0.29) is 35.5 Å². The molecule has 0 spiro atoms. The highest BCUT2D eigenvalue weighted by atomic mass is 35.5. The number of hydrogen-bond acceptors (Lipinski definition) is 7. The number of esters is 1. The molecule has 2 N–H and O–H groups in total. The molecule has 1 atom stereocenters. The second-order valence-corrected chi connectivity index (χ2v) is 8.57. The van der Waals surface area contributed by atoms with E-state index in [9.17, 15) is 24.5 Å². The van der Waals surface area contributed by atoms with Gasteiger partial charge in [-0.15, -0.1) is 0 Å². The number of nitrogens with zero attached hydrogens (tertiary/aromatic N) is 2. The van der Waals surface area contributed by atoms with Gasteiger partial charge < -0.3 is 20.1 Å². The summed E-state index contributed by atoms with van der Waals surface area (Å²) in [5, 5.41) is 16.6. The highest BCUT2D eigenvalue weighted by molar-refractivity contribution is 6.32. The van der Waals surface area contributed by atoms with Crippen molar-refractivity contribution in [2.45, 2.75) is 26.3 Å². The molecule has 196 valence electrons. The monoisotopic (exact) mass is 530 g/mol. The molecule has 3 amide bonds. The number of nitrogens with one attached hydrogen (secondary N) is 2. The maximum Gasteiger partial charge on any atom is 0.338 e. The lowest BCUT2D eigenvalue weighted by Crippen LogP contribution is -2.48. The van der Waals surface area contributed by atoms with Crippen molar-refractivity contribution >= 4 is 40.9 Å². The number of halogens is 1. The standard InChI is InChI=1S/C25H27ClN4O7/c1-4-11-29-15(2)21(24(32)37-13-12-36-3)22(28-25(29)33)16-5-8-18(9-6-16)27-23(31)17-7-10-19(26)20(14-17)30(34)35/h5-10,14,22H,4,11-13H2,1-3H3,(H,27,31)(H,28,33). The summed E-state index contributed by atoms with van der Waals surface area (Å²) >= 11 is 5.81. The topological polar surface area (TPSA) is 140 Å². The van der Waals surface area contributed by atoms with Crippen LogP contribution in [0.2, 0.25) is 5.02 Å². The van der Waals surface area contributed by atoms with E-state index in [0.717, 1.165) is 6.07 Å². The number of carbonyl (C=O) groups is 3. The summed E-state index contributed by atoms with van der Waals surface area (Å²) in [6, 6.07) is 9.20. The van der Waals surface area contributed by atoms with Crippen molar-refractivity contribution < 1.29 is 28.8 Å². The largest absolute Gasteiger partial charge is 0.460 e. The third-order valence-electron chi connectivity index (χ3n) is 5.69. The zero-order valence-corrected chi connectivity index (χ0v) is 21.3. The number of ether oxygens (including phenoxy) is 2. The third kappa shape index (κ3) is 6.43. The fourth-order valence-electron chi connectivity index (χ4n) is 3.84. The number of carbonyl (C=O) groups excluding carboxylic acids is 3. The SMILES string of the molecule is CCCN1C(=O)NC(c2ccc(NC(=O)c3ccc(Cl)c([N+](=O)[O-])c3)cc2)C(C(=O)OCCOC)=C1C. The molecule has 0 aromatic heterocycles. The van der Waals surface area contributed by atoms with Crippen LogP contribution in [-0.4, -0.2) is 54.6 Å². The van der Waals surface area contributed by atoms with Crippen LogP contribution in [-0.2, 0) is 14.3 Å². The van der Waals surface area contributed by atoms with Crippen molar-refractivity contribution in [1.29, 1.82) is 0 Å². The Balaban J connectivity index is 1.84. The molecule has 0 radical (unpaired) electrons. The molecule has 1 unspecified atom stereocenters. The molecule has 0 aliphatic carbocycles. The van der Waals surface area contributed by atoms with Crippen LogP contribution >= 0.6 is 11.6 Å². The van der Waals surface area contributed by atoms with Gasteiger partial charge in [0, 0.05) is 36.7 Å². The predicted molar refractivity (Wildman–Crippen MR) is 136 cm³/mol. The van der Waals surface area contributed by atoms with E-state index in [2.05, 4.69) is 10.6 Å². The van der Waals surface area contributed by atoms with Gasteiger partial charge in [0.1, 0.15) is 11.6 Å². The van der Waals surface area contributed by atoms with E-state index in [0.29, 0.717) is 35.5 Å². The molecule has 0 saturated heterocycles. The van der Waals surface area contributed by atoms with Crippen LogP contribution in [0.5, 0.6) is 0 Å². The first-order valence-corrected chi connectivity index (χ1v) is 11.9. The molecule has 1 aliphatic heterocycles. The highest BCUT2D eigenvalue weighted by Crippen LogP contribution is 2.32. The number of methoxy groups -OCH3 is 1. The molecular weight excluding hydrogens is 504 g/mol. The van der Waals surface area contributed by atoms with Crippen LogP contribution in [0.4, 0.5) is 16.2 Å². The van der Waals surface area contributed by atoms with Gasteiger partial charge in [0.25, 0.3) is 11.6 Å². The maximum absolute atomic E-state index is 13.0. The van der Waals surface area contributed by atoms with Crippen molar-refractivity contribution in [3.63, 3.8) is 0 Å².